The van der Waals surface area contributed by atoms with Gasteiger partial charge in [0, 0.05) is 17.9 Å². The lowest BCUT2D eigenvalue weighted by Crippen LogP contribution is -2.32. The van der Waals surface area contributed by atoms with Gasteiger partial charge in [0.25, 0.3) is 0 Å². The van der Waals surface area contributed by atoms with Crippen LogP contribution in [-0.4, -0.2) is 23.9 Å². The summed E-state index contributed by atoms with van der Waals surface area (Å²) >= 11 is 0. The monoisotopic (exact) mass is 232 g/mol. The van der Waals surface area contributed by atoms with E-state index in [0.29, 0.717) is 13.0 Å². The zero-order valence-corrected chi connectivity index (χ0v) is 9.58. The Morgan fingerprint density at radius 2 is 2.00 bits per heavy atom. The van der Waals surface area contributed by atoms with Gasteiger partial charge in [-0.15, -0.1) is 0 Å². The van der Waals surface area contributed by atoms with Crippen LogP contribution in [-0.2, 0) is 9.47 Å². The third-order valence-electron chi connectivity index (χ3n) is 3.61. The van der Waals surface area contributed by atoms with Gasteiger partial charge in [-0.05, 0) is 5.57 Å². The Balaban J connectivity index is 1.76. The molecule has 3 heteroatoms. The predicted octanol–water partition coefficient (Wildman–Crippen LogP) is 2.04. The van der Waals surface area contributed by atoms with Gasteiger partial charge in [-0.2, -0.15) is 0 Å². The molecule has 1 aliphatic carbocycles. The van der Waals surface area contributed by atoms with Crippen LogP contribution < -0.4 is 0 Å². The molecule has 1 saturated carbocycles. The largest absolute Gasteiger partial charge is 0.389 e. The summed E-state index contributed by atoms with van der Waals surface area (Å²) in [6, 6.07) is 9.89. The van der Waals surface area contributed by atoms with E-state index in [9.17, 15) is 5.11 Å². The molecule has 3 nitrogen and oxygen atoms in total. The topological polar surface area (TPSA) is 38.7 Å². The highest BCUT2D eigenvalue weighted by Gasteiger charge is 2.42. The first-order chi connectivity index (χ1) is 8.25. The van der Waals surface area contributed by atoms with E-state index in [1.165, 1.54) is 0 Å². The third kappa shape index (κ3) is 1.90. The van der Waals surface area contributed by atoms with E-state index in [1.807, 2.05) is 30.3 Å². The van der Waals surface area contributed by atoms with E-state index in [4.69, 9.17) is 9.47 Å². The van der Waals surface area contributed by atoms with Crippen molar-refractivity contribution in [1.29, 1.82) is 0 Å². The molecular formula is C14H16O3. The molecule has 17 heavy (non-hydrogen) atoms. The average molecular weight is 232 g/mol. The summed E-state index contributed by atoms with van der Waals surface area (Å²) < 4.78 is 11.6. The number of rotatable bonds is 1. The molecule has 1 saturated heterocycles. The first-order valence-corrected chi connectivity index (χ1v) is 5.94. The van der Waals surface area contributed by atoms with Crippen molar-refractivity contribution in [2.75, 3.05) is 6.61 Å². The summed E-state index contributed by atoms with van der Waals surface area (Å²) in [6.45, 7) is 4.49. The molecular weight excluding hydrogens is 216 g/mol. The number of hydrogen-bond donors (Lipinski definition) is 1. The lowest BCUT2D eigenvalue weighted by atomic mass is 10.0. The summed E-state index contributed by atoms with van der Waals surface area (Å²) in [6.07, 6.45) is -0.0777. The first-order valence-electron chi connectivity index (χ1n) is 5.94. The van der Waals surface area contributed by atoms with Crippen LogP contribution in [0.1, 0.15) is 18.3 Å². The first kappa shape index (κ1) is 11.0. The van der Waals surface area contributed by atoms with Crippen LogP contribution in [0.5, 0.6) is 0 Å². The Hall–Kier alpha value is -1.16. The Kier molecular flexibility index (Phi) is 2.74. The molecule has 1 heterocycles. The maximum Gasteiger partial charge on any atom is 0.184 e. The SMILES string of the molecule is C=C1C2COC(c3ccccc3)O[C@H]2C[C@H]1O. The van der Waals surface area contributed by atoms with Gasteiger partial charge >= 0.3 is 0 Å². The molecule has 0 bridgehead atoms. The Bertz CT molecular complexity index is 415. The molecule has 2 aliphatic rings. The fourth-order valence-corrected chi connectivity index (χ4v) is 2.56. The van der Waals surface area contributed by atoms with Gasteiger partial charge in [0.05, 0.1) is 18.8 Å². The maximum atomic E-state index is 9.75. The summed E-state index contributed by atoms with van der Waals surface area (Å²) in [5.74, 6) is 0.143. The smallest absolute Gasteiger partial charge is 0.184 e. The highest BCUT2D eigenvalue weighted by molar-refractivity contribution is 5.20. The van der Waals surface area contributed by atoms with E-state index in [2.05, 4.69) is 6.58 Å². The molecule has 0 spiro atoms. The predicted molar refractivity (Wildman–Crippen MR) is 63.3 cm³/mol. The van der Waals surface area contributed by atoms with Crippen LogP contribution in [0.4, 0.5) is 0 Å². The second kappa shape index (κ2) is 4.26. The average Bonchev–Trinajstić information content (AvgIpc) is 2.66. The van der Waals surface area contributed by atoms with Crippen molar-refractivity contribution in [2.24, 2.45) is 5.92 Å². The molecule has 90 valence electrons. The Morgan fingerprint density at radius 1 is 1.24 bits per heavy atom. The van der Waals surface area contributed by atoms with Crippen molar-refractivity contribution < 1.29 is 14.6 Å². The Labute approximate surface area is 101 Å². The summed E-state index contributed by atoms with van der Waals surface area (Å²) in [5.41, 5.74) is 1.87. The van der Waals surface area contributed by atoms with Gasteiger partial charge < -0.3 is 14.6 Å². The van der Waals surface area contributed by atoms with Crippen molar-refractivity contribution in [3.63, 3.8) is 0 Å². The van der Waals surface area contributed by atoms with Crippen LogP contribution in [0.15, 0.2) is 42.5 Å². The van der Waals surface area contributed by atoms with Crippen LogP contribution in [0.25, 0.3) is 0 Å². The van der Waals surface area contributed by atoms with E-state index < -0.39 is 6.10 Å². The van der Waals surface area contributed by atoms with Crippen LogP contribution in [0.2, 0.25) is 0 Å². The fourth-order valence-electron chi connectivity index (χ4n) is 2.56. The number of aliphatic hydroxyl groups is 1. The molecule has 1 aromatic rings. The maximum absolute atomic E-state index is 9.75. The molecule has 3 rings (SSSR count). The number of ether oxygens (including phenoxy) is 2. The highest BCUT2D eigenvalue weighted by atomic mass is 16.7. The zero-order chi connectivity index (χ0) is 11.8. The normalized spacial score (nSPS) is 36.9. The van der Waals surface area contributed by atoms with Crippen molar-refractivity contribution in [3.05, 3.63) is 48.0 Å². The quantitative estimate of drug-likeness (QED) is 0.753. The van der Waals surface area contributed by atoms with Gasteiger partial charge in [-0.1, -0.05) is 36.9 Å². The van der Waals surface area contributed by atoms with Crippen molar-refractivity contribution in [2.45, 2.75) is 24.9 Å². The third-order valence-corrected chi connectivity index (χ3v) is 3.61. The standard InChI is InChI=1S/C14H16O3/c1-9-11-8-16-14(10-5-3-2-4-6-10)17-13(11)7-12(9)15/h2-6,11-15H,1,7-8H2/t11?,12-,13+,14?/m1/s1. The van der Waals surface area contributed by atoms with Crippen molar-refractivity contribution in [1.82, 2.24) is 0 Å². The second-order valence-corrected chi connectivity index (χ2v) is 4.68. The number of benzene rings is 1. The fraction of sp³-hybridized carbons (Fsp3) is 0.429. The van der Waals surface area contributed by atoms with Crippen LogP contribution in [0.3, 0.4) is 0 Å². The van der Waals surface area contributed by atoms with Gasteiger partial charge in [-0.3, -0.25) is 0 Å². The summed E-state index contributed by atoms with van der Waals surface area (Å²) in [4.78, 5) is 0. The minimum atomic E-state index is -0.442. The molecule has 2 unspecified atom stereocenters. The number of hydrogen-bond acceptors (Lipinski definition) is 3. The van der Waals surface area contributed by atoms with Gasteiger partial charge in [0.1, 0.15) is 0 Å². The van der Waals surface area contributed by atoms with E-state index in [-0.39, 0.29) is 18.3 Å². The van der Waals surface area contributed by atoms with Crippen molar-refractivity contribution >= 4 is 0 Å². The molecule has 1 aromatic carbocycles. The molecule has 0 aromatic heterocycles. The van der Waals surface area contributed by atoms with Gasteiger partial charge in [0.15, 0.2) is 6.29 Å². The highest BCUT2D eigenvalue weighted by Crippen LogP contribution is 2.40. The summed E-state index contributed by atoms with van der Waals surface area (Å²) in [7, 11) is 0. The van der Waals surface area contributed by atoms with Crippen molar-refractivity contribution in [3.8, 4) is 0 Å². The minimum Gasteiger partial charge on any atom is -0.389 e. The molecule has 1 aliphatic heterocycles. The van der Waals surface area contributed by atoms with Gasteiger partial charge in [-0.25, -0.2) is 0 Å². The van der Waals surface area contributed by atoms with E-state index in [1.54, 1.807) is 0 Å². The van der Waals surface area contributed by atoms with Crippen LogP contribution >= 0.6 is 0 Å². The molecule has 0 radical (unpaired) electrons. The van der Waals surface area contributed by atoms with E-state index in [0.717, 1.165) is 11.1 Å². The van der Waals surface area contributed by atoms with Crippen LogP contribution in [0, 0.1) is 5.92 Å². The minimum absolute atomic E-state index is 0.0384. The lowest BCUT2D eigenvalue weighted by Gasteiger charge is -2.32. The molecule has 1 N–H and O–H groups in total. The zero-order valence-electron chi connectivity index (χ0n) is 9.58. The molecule has 0 amide bonds. The number of aliphatic hydroxyl groups excluding tert-OH is 1. The number of fused-ring (bicyclic) bond motifs is 1. The summed E-state index contributed by atoms with van der Waals surface area (Å²) in [5, 5.41) is 9.75. The lowest BCUT2D eigenvalue weighted by molar-refractivity contribution is -0.230. The molecule has 2 fully saturated rings. The van der Waals surface area contributed by atoms with E-state index >= 15 is 0 Å². The second-order valence-electron chi connectivity index (χ2n) is 4.68. The van der Waals surface area contributed by atoms with Gasteiger partial charge in [0.2, 0.25) is 0 Å². The molecule has 4 atom stereocenters. The Morgan fingerprint density at radius 3 is 2.76 bits per heavy atom.